The molecule has 1 aliphatic rings. The van der Waals surface area contributed by atoms with Gasteiger partial charge in [0, 0.05) is 29.7 Å². The van der Waals surface area contributed by atoms with Gasteiger partial charge in [0.25, 0.3) is 5.91 Å². The van der Waals surface area contributed by atoms with Crippen molar-refractivity contribution in [3.8, 4) is 0 Å². The highest BCUT2D eigenvalue weighted by Crippen LogP contribution is 2.21. The van der Waals surface area contributed by atoms with Gasteiger partial charge in [0.05, 0.1) is 4.90 Å². The molecular weight excluding hydrogens is 460 g/mol. The number of nitrogens with zero attached hydrogens (tertiary/aromatic N) is 1. The van der Waals surface area contributed by atoms with Crippen LogP contribution in [0.3, 0.4) is 0 Å². The maximum absolute atomic E-state index is 12.8. The van der Waals surface area contributed by atoms with Crippen molar-refractivity contribution in [2.45, 2.75) is 35.5 Å². The maximum Gasteiger partial charge on any atom is 0.331 e. The molecule has 0 bridgehead atoms. The van der Waals surface area contributed by atoms with Gasteiger partial charge in [0.15, 0.2) is 6.61 Å². The molecule has 7 nitrogen and oxygen atoms in total. The van der Waals surface area contributed by atoms with Crippen LogP contribution in [0.25, 0.3) is 6.08 Å². The second kappa shape index (κ2) is 12.0. The normalized spacial score (nSPS) is 15.2. The quantitative estimate of drug-likeness (QED) is 0.341. The number of amides is 1. The standard InChI is InChI=1S/C24H28N2O5S2/c1-32-21-11-9-20(10-12-21)25-23(27)18-31-24(28)15-8-19-6-13-22(14-7-19)33(29,30)26-16-4-2-3-5-17-26/h6-15H,2-5,16-18H2,1H3,(H,25,27)/b15-8+. The predicted molar refractivity (Wildman–Crippen MR) is 131 cm³/mol. The van der Waals surface area contributed by atoms with Crippen molar-refractivity contribution in [1.82, 2.24) is 4.31 Å². The largest absolute Gasteiger partial charge is 0.452 e. The molecule has 0 atom stereocenters. The second-order valence-corrected chi connectivity index (χ2v) is 10.4. The minimum absolute atomic E-state index is 0.242. The second-order valence-electron chi connectivity index (χ2n) is 7.61. The summed E-state index contributed by atoms with van der Waals surface area (Å²) in [5.74, 6) is -1.10. The first kappa shape index (κ1) is 25.0. The minimum atomic E-state index is -3.51. The lowest BCUT2D eigenvalue weighted by atomic mass is 10.2. The van der Waals surface area contributed by atoms with Gasteiger partial charge >= 0.3 is 5.97 Å². The zero-order valence-corrected chi connectivity index (χ0v) is 20.2. The van der Waals surface area contributed by atoms with E-state index >= 15 is 0 Å². The summed E-state index contributed by atoms with van der Waals surface area (Å²) in [6, 6.07) is 13.7. The van der Waals surface area contributed by atoms with E-state index in [-0.39, 0.29) is 4.90 Å². The van der Waals surface area contributed by atoms with Gasteiger partial charge < -0.3 is 10.1 Å². The summed E-state index contributed by atoms with van der Waals surface area (Å²) in [5, 5.41) is 2.66. The Morgan fingerprint density at radius 3 is 2.24 bits per heavy atom. The Bertz CT molecular complexity index is 1070. The number of benzene rings is 2. The van der Waals surface area contributed by atoms with Crippen LogP contribution in [0.1, 0.15) is 31.2 Å². The zero-order valence-electron chi connectivity index (χ0n) is 18.5. The van der Waals surface area contributed by atoms with Gasteiger partial charge in [-0.3, -0.25) is 4.79 Å². The fraction of sp³-hybridized carbons (Fsp3) is 0.333. The Morgan fingerprint density at radius 2 is 1.64 bits per heavy atom. The van der Waals surface area contributed by atoms with Crippen LogP contribution in [0.2, 0.25) is 0 Å². The Balaban J connectivity index is 1.49. The van der Waals surface area contributed by atoms with Crippen molar-refractivity contribution in [3.05, 3.63) is 60.2 Å². The summed E-state index contributed by atoms with van der Waals surface area (Å²) in [4.78, 5) is 25.2. The molecule has 1 amide bonds. The Labute approximate surface area is 199 Å². The third-order valence-corrected chi connectivity index (χ3v) is 7.87. The van der Waals surface area contributed by atoms with Crippen LogP contribution in [0.5, 0.6) is 0 Å². The molecule has 2 aromatic rings. The van der Waals surface area contributed by atoms with Crippen molar-refractivity contribution in [2.75, 3.05) is 31.3 Å². The molecular formula is C24H28N2O5S2. The number of carbonyl (C=O) groups excluding carboxylic acids is 2. The summed E-state index contributed by atoms with van der Waals surface area (Å²) >= 11 is 1.60. The molecule has 9 heteroatoms. The molecule has 1 heterocycles. The minimum Gasteiger partial charge on any atom is -0.452 e. The predicted octanol–water partition coefficient (Wildman–Crippen LogP) is 4.17. The lowest BCUT2D eigenvalue weighted by Crippen LogP contribution is -2.31. The average Bonchev–Trinajstić information content (AvgIpc) is 3.12. The number of anilines is 1. The molecule has 1 fully saturated rings. The molecule has 176 valence electrons. The molecule has 1 aliphatic heterocycles. The molecule has 0 aromatic heterocycles. The first-order valence-corrected chi connectivity index (χ1v) is 13.4. The molecule has 0 radical (unpaired) electrons. The van der Waals surface area contributed by atoms with E-state index in [4.69, 9.17) is 4.74 Å². The molecule has 0 spiro atoms. The average molecular weight is 489 g/mol. The lowest BCUT2D eigenvalue weighted by molar-refractivity contribution is -0.142. The van der Waals surface area contributed by atoms with Crippen LogP contribution >= 0.6 is 11.8 Å². The first-order valence-electron chi connectivity index (χ1n) is 10.8. The van der Waals surface area contributed by atoms with E-state index in [0.717, 1.165) is 30.6 Å². The monoisotopic (exact) mass is 488 g/mol. The third kappa shape index (κ3) is 7.45. The molecule has 1 saturated heterocycles. The van der Waals surface area contributed by atoms with Crippen molar-refractivity contribution in [2.24, 2.45) is 0 Å². The van der Waals surface area contributed by atoms with Crippen molar-refractivity contribution in [1.29, 1.82) is 0 Å². The number of hydrogen-bond acceptors (Lipinski definition) is 6. The molecule has 3 rings (SSSR count). The number of carbonyl (C=O) groups is 2. The van der Waals surface area contributed by atoms with Gasteiger partial charge in [-0.05, 0) is 67.1 Å². The number of rotatable bonds is 8. The van der Waals surface area contributed by atoms with E-state index in [1.54, 1.807) is 52.5 Å². The number of nitrogens with one attached hydrogen (secondary N) is 1. The summed E-state index contributed by atoms with van der Waals surface area (Å²) in [6.07, 6.45) is 8.56. The van der Waals surface area contributed by atoms with Crippen LogP contribution in [-0.2, 0) is 24.3 Å². The van der Waals surface area contributed by atoms with E-state index in [0.29, 0.717) is 24.3 Å². The van der Waals surface area contributed by atoms with Gasteiger partial charge in [0.1, 0.15) is 0 Å². The van der Waals surface area contributed by atoms with Gasteiger partial charge in [0.2, 0.25) is 10.0 Å². The maximum atomic E-state index is 12.8. The van der Waals surface area contributed by atoms with Crippen LogP contribution in [-0.4, -0.2) is 50.6 Å². The van der Waals surface area contributed by atoms with Gasteiger partial charge in [-0.1, -0.05) is 25.0 Å². The molecule has 0 saturated carbocycles. The molecule has 0 unspecified atom stereocenters. The number of hydrogen-bond donors (Lipinski definition) is 1. The molecule has 0 aliphatic carbocycles. The van der Waals surface area contributed by atoms with Gasteiger partial charge in [-0.2, -0.15) is 4.31 Å². The van der Waals surface area contributed by atoms with Gasteiger partial charge in [-0.25, -0.2) is 13.2 Å². The summed E-state index contributed by atoms with van der Waals surface area (Å²) in [5.41, 5.74) is 1.28. The summed E-state index contributed by atoms with van der Waals surface area (Å²) < 4.78 is 32.2. The Morgan fingerprint density at radius 1 is 1.00 bits per heavy atom. The van der Waals surface area contributed by atoms with E-state index in [9.17, 15) is 18.0 Å². The summed E-state index contributed by atoms with van der Waals surface area (Å²) in [7, 11) is -3.51. The first-order chi connectivity index (χ1) is 15.9. The van der Waals surface area contributed by atoms with Crippen LogP contribution < -0.4 is 5.32 Å². The number of thioether (sulfide) groups is 1. The van der Waals surface area contributed by atoms with E-state index in [1.165, 1.54) is 12.2 Å². The Hall–Kier alpha value is -2.62. The topological polar surface area (TPSA) is 92.8 Å². The van der Waals surface area contributed by atoms with Crippen molar-refractivity contribution in [3.63, 3.8) is 0 Å². The number of sulfonamides is 1. The highest BCUT2D eigenvalue weighted by Gasteiger charge is 2.24. The highest BCUT2D eigenvalue weighted by atomic mass is 32.2. The van der Waals surface area contributed by atoms with E-state index in [1.807, 2.05) is 18.4 Å². The van der Waals surface area contributed by atoms with Crippen LogP contribution in [0.4, 0.5) is 5.69 Å². The number of esters is 1. The molecule has 33 heavy (non-hydrogen) atoms. The molecule has 2 aromatic carbocycles. The van der Waals surface area contributed by atoms with Crippen molar-refractivity contribution < 1.29 is 22.7 Å². The fourth-order valence-corrected chi connectivity index (χ4v) is 5.33. The Kier molecular flexibility index (Phi) is 9.11. The van der Waals surface area contributed by atoms with Crippen molar-refractivity contribution >= 4 is 45.4 Å². The number of ether oxygens (including phenoxy) is 1. The third-order valence-electron chi connectivity index (χ3n) is 5.21. The van der Waals surface area contributed by atoms with E-state index < -0.39 is 28.5 Å². The molecule has 1 N–H and O–H groups in total. The fourth-order valence-electron chi connectivity index (χ4n) is 3.40. The highest BCUT2D eigenvalue weighted by molar-refractivity contribution is 7.98. The zero-order chi connectivity index (χ0) is 23.7. The van der Waals surface area contributed by atoms with Crippen LogP contribution in [0.15, 0.2) is 64.4 Å². The smallest absolute Gasteiger partial charge is 0.331 e. The lowest BCUT2D eigenvalue weighted by Gasteiger charge is -2.19. The van der Waals surface area contributed by atoms with E-state index in [2.05, 4.69) is 5.32 Å². The SMILES string of the molecule is CSc1ccc(NC(=O)COC(=O)/C=C/c2ccc(S(=O)(=O)N3CCCCCC3)cc2)cc1. The van der Waals surface area contributed by atoms with Gasteiger partial charge in [-0.15, -0.1) is 11.8 Å². The van der Waals surface area contributed by atoms with Crippen LogP contribution in [0, 0.1) is 0 Å². The summed E-state index contributed by atoms with van der Waals surface area (Å²) in [6.45, 7) is 0.694.